The molecule has 6 heteroatoms. The molecule has 1 saturated carbocycles. The smallest absolute Gasteiger partial charge is 0.317 e. The molecule has 0 aromatic heterocycles. The van der Waals surface area contributed by atoms with Gasteiger partial charge in [-0.25, -0.2) is 0 Å². The maximum atomic E-state index is 13.1. The number of ether oxygens (including phenoxy) is 2. The number of hydrogen-bond acceptors (Lipinski definition) is 6. The highest BCUT2D eigenvalue weighted by Crippen LogP contribution is 2.41. The van der Waals surface area contributed by atoms with Crippen LogP contribution in [0.15, 0.2) is 54.6 Å². The Bertz CT molecular complexity index is 965. The average Bonchev–Trinajstić information content (AvgIpc) is 2.78. The molecular formula is C25H26O6. The summed E-state index contributed by atoms with van der Waals surface area (Å²) < 4.78 is 11.1. The summed E-state index contributed by atoms with van der Waals surface area (Å²) in [6.07, 6.45) is -0.0452. The number of rotatable bonds is 8. The minimum atomic E-state index is -1.40. The minimum absolute atomic E-state index is 0.0547. The highest BCUT2D eigenvalue weighted by atomic mass is 16.5. The van der Waals surface area contributed by atoms with Crippen molar-refractivity contribution in [3.63, 3.8) is 0 Å². The zero-order valence-electron chi connectivity index (χ0n) is 17.7. The van der Waals surface area contributed by atoms with Gasteiger partial charge in [-0.2, -0.15) is 0 Å². The van der Waals surface area contributed by atoms with Crippen LogP contribution in [0.2, 0.25) is 0 Å². The predicted molar refractivity (Wildman–Crippen MR) is 113 cm³/mol. The summed E-state index contributed by atoms with van der Waals surface area (Å²) in [4.78, 5) is 50.9. The lowest BCUT2D eigenvalue weighted by Gasteiger charge is -2.33. The number of benzene rings is 2. The first kappa shape index (κ1) is 22.4. The first-order chi connectivity index (χ1) is 15.0. The van der Waals surface area contributed by atoms with Gasteiger partial charge in [0, 0.05) is 18.8 Å². The van der Waals surface area contributed by atoms with Gasteiger partial charge in [0.15, 0.2) is 17.3 Å². The van der Waals surface area contributed by atoms with E-state index in [2.05, 4.69) is 0 Å². The molecule has 1 aliphatic carbocycles. The van der Waals surface area contributed by atoms with Gasteiger partial charge in [0.25, 0.3) is 0 Å². The zero-order chi connectivity index (χ0) is 22.4. The monoisotopic (exact) mass is 422 g/mol. The normalized spacial score (nSPS) is 20.9. The van der Waals surface area contributed by atoms with Crippen LogP contribution in [-0.2, 0) is 30.5 Å². The molecule has 2 aromatic carbocycles. The molecule has 0 amide bonds. The van der Waals surface area contributed by atoms with Crippen LogP contribution in [0.3, 0.4) is 0 Å². The molecule has 0 bridgehead atoms. The molecule has 3 rings (SSSR count). The summed E-state index contributed by atoms with van der Waals surface area (Å²) in [7, 11) is 0. The lowest BCUT2D eigenvalue weighted by Crippen LogP contribution is -2.47. The van der Waals surface area contributed by atoms with E-state index in [9.17, 15) is 19.2 Å². The van der Waals surface area contributed by atoms with Crippen molar-refractivity contribution in [2.24, 2.45) is 11.8 Å². The molecule has 0 N–H and O–H groups in total. The number of esters is 1. The molecule has 0 heterocycles. The highest BCUT2D eigenvalue weighted by molar-refractivity contribution is 6.25. The Hall–Kier alpha value is -3.28. The lowest BCUT2D eigenvalue weighted by atomic mass is 9.68. The summed E-state index contributed by atoms with van der Waals surface area (Å²) in [5, 5.41) is 0. The molecule has 162 valence electrons. The van der Waals surface area contributed by atoms with Gasteiger partial charge >= 0.3 is 5.97 Å². The second-order valence-electron chi connectivity index (χ2n) is 7.47. The fraction of sp³-hybridized carbons (Fsp3) is 0.360. The van der Waals surface area contributed by atoms with Crippen molar-refractivity contribution in [3.05, 3.63) is 65.7 Å². The Labute approximate surface area is 181 Å². The Kier molecular flexibility index (Phi) is 7.34. The summed E-state index contributed by atoms with van der Waals surface area (Å²) in [5.74, 6) is -5.18. The van der Waals surface area contributed by atoms with Crippen LogP contribution in [0.1, 0.15) is 43.7 Å². The van der Waals surface area contributed by atoms with Crippen LogP contribution in [-0.4, -0.2) is 29.9 Å². The highest BCUT2D eigenvalue weighted by Gasteiger charge is 2.50. The number of Topliss-reactive ketones (excluding diaryl/α,β-unsaturated/α-hetero) is 3. The molecule has 0 aliphatic heterocycles. The van der Waals surface area contributed by atoms with Gasteiger partial charge in [-0.3, -0.25) is 19.2 Å². The first-order valence-corrected chi connectivity index (χ1v) is 10.5. The third-order valence-corrected chi connectivity index (χ3v) is 5.50. The summed E-state index contributed by atoms with van der Waals surface area (Å²) >= 11 is 0. The van der Waals surface area contributed by atoms with Crippen molar-refractivity contribution in [3.8, 4) is 5.75 Å². The van der Waals surface area contributed by atoms with E-state index in [1.807, 2.05) is 30.3 Å². The molecule has 2 aromatic rings. The van der Waals surface area contributed by atoms with E-state index in [4.69, 9.17) is 9.47 Å². The van der Waals surface area contributed by atoms with Crippen molar-refractivity contribution in [2.75, 3.05) is 6.61 Å². The van der Waals surface area contributed by atoms with Gasteiger partial charge in [-0.05, 0) is 24.1 Å². The second kappa shape index (κ2) is 10.2. The van der Waals surface area contributed by atoms with Gasteiger partial charge in [0.2, 0.25) is 0 Å². The molecule has 0 radical (unpaired) electrons. The second-order valence-corrected chi connectivity index (χ2v) is 7.47. The van der Waals surface area contributed by atoms with E-state index < -0.39 is 41.1 Å². The van der Waals surface area contributed by atoms with Gasteiger partial charge < -0.3 is 9.47 Å². The minimum Gasteiger partial charge on any atom is -0.489 e. The summed E-state index contributed by atoms with van der Waals surface area (Å²) in [5.41, 5.74) is 1.55. The lowest BCUT2D eigenvalue weighted by molar-refractivity contribution is -0.157. The van der Waals surface area contributed by atoms with E-state index in [1.165, 1.54) is 0 Å². The van der Waals surface area contributed by atoms with E-state index in [0.29, 0.717) is 17.9 Å². The molecular weight excluding hydrogens is 396 g/mol. The molecule has 1 fully saturated rings. The fourth-order valence-electron chi connectivity index (χ4n) is 3.99. The maximum Gasteiger partial charge on any atom is 0.317 e. The average molecular weight is 422 g/mol. The Morgan fingerprint density at radius 3 is 2.32 bits per heavy atom. The Balaban J connectivity index is 1.95. The molecule has 3 unspecified atom stereocenters. The van der Waals surface area contributed by atoms with Gasteiger partial charge in [-0.1, -0.05) is 55.5 Å². The third kappa shape index (κ3) is 4.90. The maximum absolute atomic E-state index is 13.1. The number of carbonyl (C=O) groups excluding carboxylic acids is 4. The van der Waals surface area contributed by atoms with E-state index >= 15 is 0 Å². The van der Waals surface area contributed by atoms with Crippen molar-refractivity contribution in [1.29, 1.82) is 0 Å². The van der Waals surface area contributed by atoms with E-state index in [1.54, 1.807) is 38.1 Å². The first-order valence-electron chi connectivity index (χ1n) is 10.5. The van der Waals surface area contributed by atoms with Crippen LogP contribution < -0.4 is 4.74 Å². The van der Waals surface area contributed by atoms with Crippen LogP contribution in [0.4, 0.5) is 0 Å². The standard InChI is InChI=1S/C25H26O6/c1-3-19(26)23-20(27)14-18(22(24(23)28)25(29)30-4-2)17-12-8-9-13-21(17)31-15-16-10-6-5-7-11-16/h5-13,18,22-23H,3-4,14-15H2,1-2H3. The van der Waals surface area contributed by atoms with Crippen LogP contribution in [0.25, 0.3) is 0 Å². The van der Waals surface area contributed by atoms with Crippen molar-refractivity contribution < 1.29 is 28.7 Å². The van der Waals surface area contributed by atoms with E-state index in [-0.39, 0.29) is 19.4 Å². The number of carbonyl (C=O) groups is 4. The van der Waals surface area contributed by atoms with Crippen LogP contribution in [0, 0.1) is 11.8 Å². The van der Waals surface area contributed by atoms with Crippen LogP contribution in [0.5, 0.6) is 5.75 Å². The molecule has 3 atom stereocenters. The summed E-state index contributed by atoms with van der Waals surface area (Å²) in [6, 6.07) is 16.6. The summed E-state index contributed by atoms with van der Waals surface area (Å²) in [6.45, 7) is 3.65. The quantitative estimate of drug-likeness (QED) is 0.477. The molecule has 0 saturated heterocycles. The SMILES string of the molecule is CCOC(=O)C1C(=O)C(C(=O)CC)C(=O)CC1c1ccccc1OCc1ccccc1. The van der Waals surface area contributed by atoms with Gasteiger partial charge in [0.1, 0.15) is 24.2 Å². The van der Waals surface area contributed by atoms with Gasteiger partial charge in [0.05, 0.1) is 6.61 Å². The van der Waals surface area contributed by atoms with Crippen molar-refractivity contribution in [1.82, 2.24) is 0 Å². The number of hydrogen-bond donors (Lipinski definition) is 0. The van der Waals surface area contributed by atoms with Crippen molar-refractivity contribution >= 4 is 23.3 Å². The van der Waals surface area contributed by atoms with Crippen molar-refractivity contribution in [2.45, 2.75) is 39.2 Å². The Morgan fingerprint density at radius 2 is 1.65 bits per heavy atom. The molecule has 6 nitrogen and oxygen atoms in total. The van der Waals surface area contributed by atoms with Crippen LogP contribution >= 0.6 is 0 Å². The van der Waals surface area contributed by atoms with E-state index in [0.717, 1.165) is 5.56 Å². The third-order valence-electron chi connectivity index (χ3n) is 5.50. The number of para-hydroxylation sites is 1. The Morgan fingerprint density at radius 1 is 0.968 bits per heavy atom. The molecule has 1 aliphatic rings. The number of ketones is 3. The molecule has 31 heavy (non-hydrogen) atoms. The fourth-order valence-corrected chi connectivity index (χ4v) is 3.99. The van der Waals surface area contributed by atoms with Gasteiger partial charge in [-0.15, -0.1) is 0 Å². The topological polar surface area (TPSA) is 86.7 Å². The largest absolute Gasteiger partial charge is 0.489 e. The predicted octanol–water partition coefficient (Wildman–Crippen LogP) is 3.67. The molecule has 0 spiro atoms. The zero-order valence-corrected chi connectivity index (χ0v) is 17.7.